The van der Waals surface area contributed by atoms with Crippen molar-refractivity contribution in [2.75, 3.05) is 5.32 Å². The third kappa shape index (κ3) is 6.48. The van der Waals surface area contributed by atoms with Gasteiger partial charge in [0.15, 0.2) is 0 Å². The van der Waals surface area contributed by atoms with E-state index in [4.69, 9.17) is 10.5 Å². The summed E-state index contributed by atoms with van der Waals surface area (Å²) in [4.78, 5) is 11.7. The Morgan fingerprint density at radius 2 is 1.96 bits per heavy atom. The summed E-state index contributed by atoms with van der Waals surface area (Å²) in [5.41, 5.74) is 7.61. The minimum Gasteiger partial charge on any atom is -0.444 e. The summed E-state index contributed by atoms with van der Waals surface area (Å²) in [7, 11) is 0. The summed E-state index contributed by atoms with van der Waals surface area (Å²) < 4.78 is 5.24. The van der Waals surface area contributed by atoms with Gasteiger partial charge < -0.3 is 21.1 Å². The van der Waals surface area contributed by atoms with Gasteiger partial charge in [-0.25, -0.2) is 4.79 Å². The molecule has 23 heavy (non-hydrogen) atoms. The number of amides is 1. The first-order valence-corrected chi connectivity index (χ1v) is 8.40. The number of ether oxygens (including phenoxy) is 1. The van der Waals surface area contributed by atoms with E-state index in [1.54, 1.807) is 0 Å². The molecular formula is C18H29N3O2. The van der Waals surface area contributed by atoms with Crippen molar-refractivity contribution >= 4 is 11.8 Å². The molecule has 2 rings (SSSR count). The van der Waals surface area contributed by atoms with Crippen LogP contribution in [0.15, 0.2) is 24.3 Å². The monoisotopic (exact) mass is 319 g/mol. The first-order chi connectivity index (χ1) is 10.8. The molecule has 0 aromatic heterocycles. The van der Waals surface area contributed by atoms with Gasteiger partial charge in [-0.05, 0) is 64.2 Å². The summed E-state index contributed by atoms with van der Waals surface area (Å²) in [6.07, 6.45) is 4.00. The zero-order valence-electron chi connectivity index (χ0n) is 14.4. The van der Waals surface area contributed by atoms with Crippen molar-refractivity contribution in [1.82, 2.24) is 5.32 Å². The molecule has 1 aliphatic rings. The van der Waals surface area contributed by atoms with Crippen LogP contribution < -0.4 is 16.4 Å². The zero-order valence-corrected chi connectivity index (χ0v) is 14.4. The van der Waals surface area contributed by atoms with Crippen LogP contribution in [0.1, 0.15) is 52.0 Å². The fourth-order valence-corrected chi connectivity index (χ4v) is 2.76. The average Bonchev–Trinajstić information content (AvgIpc) is 2.46. The van der Waals surface area contributed by atoms with Gasteiger partial charge in [0.1, 0.15) is 5.60 Å². The van der Waals surface area contributed by atoms with Gasteiger partial charge in [0.2, 0.25) is 0 Å². The van der Waals surface area contributed by atoms with E-state index in [0.717, 1.165) is 36.9 Å². The molecule has 1 aliphatic carbocycles. The molecular weight excluding hydrogens is 290 g/mol. The van der Waals surface area contributed by atoms with Gasteiger partial charge in [-0.15, -0.1) is 0 Å². The van der Waals surface area contributed by atoms with Gasteiger partial charge in [0.05, 0.1) is 0 Å². The number of anilines is 1. The number of hydrogen-bond donors (Lipinski definition) is 3. The molecule has 0 bridgehead atoms. The van der Waals surface area contributed by atoms with Crippen LogP contribution >= 0.6 is 0 Å². The van der Waals surface area contributed by atoms with Crippen LogP contribution in [0, 0.1) is 0 Å². The molecule has 128 valence electrons. The molecule has 0 atom stereocenters. The van der Waals surface area contributed by atoms with E-state index in [2.05, 4.69) is 22.8 Å². The molecule has 5 nitrogen and oxygen atoms in total. The molecule has 0 aliphatic heterocycles. The largest absolute Gasteiger partial charge is 0.444 e. The number of carbonyl (C=O) groups is 1. The van der Waals surface area contributed by atoms with Crippen LogP contribution in [0.5, 0.6) is 0 Å². The molecule has 1 fully saturated rings. The first-order valence-electron chi connectivity index (χ1n) is 8.40. The van der Waals surface area contributed by atoms with Crippen LogP contribution in [0.4, 0.5) is 10.5 Å². The second-order valence-electron chi connectivity index (χ2n) is 7.31. The molecule has 0 unspecified atom stereocenters. The molecule has 5 heteroatoms. The van der Waals surface area contributed by atoms with Crippen molar-refractivity contribution in [3.63, 3.8) is 0 Å². The number of alkyl carbamates (subject to hydrolysis) is 1. The van der Waals surface area contributed by atoms with E-state index >= 15 is 0 Å². The lowest BCUT2D eigenvalue weighted by Gasteiger charge is -2.27. The number of carbonyl (C=O) groups excluding carboxylic acids is 1. The zero-order chi connectivity index (χ0) is 16.9. The van der Waals surface area contributed by atoms with E-state index in [0.29, 0.717) is 18.6 Å². The number of nitrogens with one attached hydrogen (secondary N) is 2. The molecule has 0 spiro atoms. The third-order valence-corrected chi connectivity index (χ3v) is 3.91. The van der Waals surface area contributed by atoms with E-state index in [1.807, 2.05) is 32.9 Å². The van der Waals surface area contributed by atoms with Gasteiger partial charge in [0, 0.05) is 24.3 Å². The first kappa shape index (κ1) is 17.6. The molecule has 1 aromatic carbocycles. The summed E-state index contributed by atoms with van der Waals surface area (Å²) in [5.74, 6) is 0. The van der Waals surface area contributed by atoms with Crippen LogP contribution in [0.2, 0.25) is 0 Å². The minimum atomic E-state index is -0.477. The second-order valence-corrected chi connectivity index (χ2v) is 7.31. The van der Waals surface area contributed by atoms with Crippen LogP contribution in [0.25, 0.3) is 0 Å². The van der Waals surface area contributed by atoms with Crippen molar-refractivity contribution in [3.05, 3.63) is 29.8 Å². The Balaban J connectivity index is 1.83. The quantitative estimate of drug-likeness (QED) is 0.795. The highest BCUT2D eigenvalue weighted by atomic mass is 16.6. The Morgan fingerprint density at radius 3 is 2.61 bits per heavy atom. The number of nitrogens with two attached hydrogens (primary N) is 1. The number of hydrogen-bond acceptors (Lipinski definition) is 4. The Kier molecular flexibility index (Phi) is 5.88. The average molecular weight is 319 g/mol. The summed E-state index contributed by atoms with van der Waals surface area (Å²) in [5, 5.41) is 6.35. The van der Waals surface area contributed by atoms with Crippen LogP contribution in [-0.4, -0.2) is 23.8 Å². The standard InChI is InChI=1S/C18H29N3O2/c1-18(2,3)23-17(22)20-12-13-5-4-6-16(11-13)21-15-9-7-14(19)8-10-15/h4-6,11,14-15,21H,7-10,12,19H2,1-3H3,(H,20,22). The maximum Gasteiger partial charge on any atom is 0.407 e. The molecule has 0 heterocycles. The van der Waals surface area contributed by atoms with Gasteiger partial charge in [-0.2, -0.15) is 0 Å². The van der Waals surface area contributed by atoms with Crippen LogP contribution in [-0.2, 0) is 11.3 Å². The Labute approximate surface area is 139 Å². The van der Waals surface area contributed by atoms with E-state index in [-0.39, 0.29) is 0 Å². The summed E-state index contributed by atoms with van der Waals surface area (Å²) >= 11 is 0. The van der Waals surface area contributed by atoms with Gasteiger partial charge >= 0.3 is 6.09 Å². The smallest absolute Gasteiger partial charge is 0.407 e. The van der Waals surface area contributed by atoms with E-state index < -0.39 is 11.7 Å². The summed E-state index contributed by atoms with van der Waals surface area (Å²) in [6.45, 7) is 6.02. The van der Waals surface area contributed by atoms with Crippen LogP contribution in [0.3, 0.4) is 0 Å². The van der Waals surface area contributed by atoms with Crippen molar-refractivity contribution in [3.8, 4) is 0 Å². The van der Waals surface area contributed by atoms with E-state index in [9.17, 15) is 4.79 Å². The number of benzene rings is 1. The van der Waals surface area contributed by atoms with E-state index in [1.165, 1.54) is 0 Å². The molecule has 0 saturated heterocycles. The highest BCUT2D eigenvalue weighted by Crippen LogP contribution is 2.21. The maximum atomic E-state index is 11.7. The predicted molar refractivity (Wildman–Crippen MR) is 93.4 cm³/mol. The number of rotatable bonds is 4. The molecule has 1 aromatic rings. The third-order valence-electron chi connectivity index (χ3n) is 3.91. The lowest BCUT2D eigenvalue weighted by atomic mass is 9.91. The normalized spacial score (nSPS) is 21.6. The van der Waals surface area contributed by atoms with Gasteiger partial charge in [-0.3, -0.25) is 0 Å². The predicted octanol–water partition coefficient (Wildman–Crippen LogP) is 3.39. The fraction of sp³-hybridized carbons (Fsp3) is 0.611. The highest BCUT2D eigenvalue weighted by Gasteiger charge is 2.18. The summed E-state index contributed by atoms with van der Waals surface area (Å²) in [6, 6.07) is 8.99. The lowest BCUT2D eigenvalue weighted by Crippen LogP contribution is -2.33. The maximum absolute atomic E-state index is 11.7. The van der Waals surface area contributed by atoms with Crippen molar-refractivity contribution in [1.29, 1.82) is 0 Å². The minimum absolute atomic E-state index is 0.359. The highest BCUT2D eigenvalue weighted by molar-refractivity contribution is 5.67. The Hall–Kier alpha value is -1.75. The topological polar surface area (TPSA) is 76.4 Å². The Bertz CT molecular complexity index is 517. The SMILES string of the molecule is CC(C)(C)OC(=O)NCc1cccc(NC2CCC(N)CC2)c1. The fourth-order valence-electron chi connectivity index (χ4n) is 2.76. The van der Waals surface area contributed by atoms with Gasteiger partial charge in [-0.1, -0.05) is 12.1 Å². The molecule has 1 amide bonds. The second kappa shape index (κ2) is 7.68. The van der Waals surface area contributed by atoms with Crippen molar-refractivity contribution < 1.29 is 9.53 Å². The lowest BCUT2D eigenvalue weighted by molar-refractivity contribution is 0.0523. The van der Waals surface area contributed by atoms with Crippen molar-refractivity contribution in [2.24, 2.45) is 5.73 Å². The van der Waals surface area contributed by atoms with Crippen molar-refractivity contribution in [2.45, 2.75) is 70.7 Å². The molecule has 1 saturated carbocycles. The Morgan fingerprint density at radius 1 is 1.26 bits per heavy atom. The molecule has 0 radical (unpaired) electrons. The van der Waals surface area contributed by atoms with Gasteiger partial charge in [0.25, 0.3) is 0 Å². The molecule has 4 N–H and O–H groups in total.